The van der Waals surface area contributed by atoms with Gasteiger partial charge in [0.25, 0.3) is 0 Å². The Kier molecular flexibility index (Phi) is 5.36. The van der Waals surface area contributed by atoms with Gasteiger partial charge < -0.3 is 5.32 Å². The van der Waals surface area contributed by atoms with Crippen molar-refractivity contribution in [1.82, 2.24) is 10.6 Å². The van der Waals surface area contributed by atoms with Gasteiger partial charge in [0, 0.05) is 19.5 Å². The Bertz CT molecular complexity index is 375. The number of halogens is 1. The molecule has 1 unspecified atom stereocenters. The normalized spacial score (nSPS) is 22.3. The van der Waals surface area contributed by atoms with E-state index in [4.69, 9.17) is 0 Å². The molecule has 2 N–H and O–H groups in total. The molecule has 0 aliphatic carbocycles. The van der Waals surface area contributed by atoms with Gasteiger partial charge in [-0.1, -0.05) is 42.0 Å². The van der Waals surface area contributed by atoms with Crippen molar-refractivity contribution in [2.45, 2.75) is 25.6 Å². The van der Waals surface area contributed by atoms with E-state index in [1.807, 2.05) is 6.07 Å². The van der Waals surface area contributed by atoms with Crippen LogP contribution in [0.4, 0.5) is 4.39 Å². The van der Waals surface area contributed by atoms with Crippen molar-refractivity contribution in [3.8, 4) is 0 Å². The standard InChI is InChI=1S/C15H21FN2/c16-15-12-14(8-11-18-15)7-10-17-9-6-13-4-2-1-3-5-13/h1-5,7,15,17-18H,6,8-12H2. The summed E-state index contributed by atoms with van der Waals surface area (Å²) in [5.41, 5.74) is 2.58. The number of alkyl halides is 1. The first-order valence-electron chi connectivity index (χ1n) is 6.64. The summed E-state index contributed by atoms with van der Waals surface area (Å²) in [6.45, 7) is 2.57. The van der Waals surface area contributed by atoms with Gasteiger partial charge in [0.1, 0.15) is 0 Å². The highest BCUT2D eigenvalue weighted by atomic mass is 19.1. The van der Waals surface area contributed by atoms with Gasteiger partial charge in [-0.2, -0.15) is 0 Å². The Labute approximate surface area is 108 Å². The van der Waals surface area contributed by atoms with Crippen molar-refractivity contribution in [3.63, 3.8) is 0 Å². The van der Waals surface area contributed by atoms with Gasteiger partial charge in [0.05, 0.1) is 0 Å². The van der Waals surface area contributed by atoms with Crippen LogP contribution in [-0.4, -0.2) is 25.9 Å². The van der Waals surface area contributed by atoms with E-state index in [2.05, 4.69) is 41.0 Å². The van der Waals surface area contributed by atoms with Gasteiger partial charge in [0.2, 0.25) is 0 Å². The lowest BCUT2D eigenvalue weighted by molar-refractivity contribution is 0.253. The molecule has 0 spiro atoms. The molecule has 18 heavy (non-hydrogen) atoms. The smallest absolute Gasteiger partial charge is 0.154 e. The van der Waals surface area contributed by atoms with Gasteiger partial charge in [0.15, 0.2) is 6.30 Å². The minimum atomic E-state index is -0.852. The molecule has 1 saturated heterocycles. The zero-order chi connectivity index (χ0) is 12.6. The quantitative estimate of drug-likeness (QED) is 0.475. The summed E-state index contributed by atoms with van der Waals surface area (Å²) >= 11 is 0. The average molecular weight is 248 g/mol. The molecule has 1 aromatic carbocycles. The van der Waals surface area contributed by atoms with Gasteiger partial charge in [-0.25, -0.2) is 4.39 Å². The minimum absolute atomic E-state index is 0.542. The Balaban J connectivity index is 1.62. The zero-order valence-electron chi connectivity index (χ0n) is 10.7. The largest absolute Gasteiger partial charge is 0.313 e. The lowest BCUT2D eigenvalue weighted by atomic mass is 10.0. The van der Waals surface area contributed by atoms with Crippen LogP contribution in [0, 0.1) is 0 Å². The number of rotatable bonds is 5. The minimum Gasteiger partial charge on any atom is -0.313 e. The highest BCUT2D eigenvalue weighted by Gasteiger charge is 2.13. The van der Waals surface area contributed by atoms with Crippen molar-refractivity contribution in [2.75, 3.05) is 19.6 Å². The third-order valence-electron chi connectivity index (χ3n) is 3.22. The Morgan fingerprint density at radius 3 is 2.94 bits per heavy atom. The summed E-state index contributed by atoms with van der Waals surface area (Å²) in [5, 5.41) is 6.18. The van der Waals surface area contributed by atoms with Crippen LogP contribution < -0.4 is 10.6 Å². The lowest BCUT2D eigenvalue weighted by Gasteiger charge is -2.19. The molecule has 1 aliphatic heterocycles. The highest BCUT2D eigenvalue weighted by Crippen LogP contribution is 2.14. The van der Waals surface area contributed by atoms with Crippen molar-refractivity contribution in [2.24, 2.45) is 0 Å². The predicted molar refractivity (Wildman–Crippen MR) is 73.2 cm³/mol. The first kappa shape index (κ1) is 13.2. The SMILES string of the molecule is FC1CC(=CCNCCc2ccccc2)CCN1. The van der Waals surface area contributed by atoms with Crippen LogP contribution in [0.2, 0.25) is 0 Å². The van der Waals surface area contributed by atoms with E-state index in [1.165, 1.54) is 11.1 Å². The zero-order valence-corrected chi connectivity index (χ0v) is 10.7. The van der Waals surface area contributed by atoms with Crippen molar-refractivity contribution >= 4 is 0 Å². The van der Waals surface area contributed by atoms with E-state index in [0.29, 0.717) is 6.42 Å². The van der Waals surface area contributed by atoms with Gasteiger partial charge >= 0.3 is 0 Å². The molecule has 0 amide bonds. The van der Waals surface area contributed by atoms with E-state index >= 15 is 0 Å². The third kappa shape index (κ3) is 4.59. The molecule has 1 aliphatic rings. The van der Waals surface area contributed by atoms with Crippen molar-refractivity contribution < 1.29 is 4.39 Å². The lowest BCUT2D eigenvalue weighted by Crippen LogP contribution is -2.31. The second-order valence-electron chi connectivity index (χ2n) is 4.68. The number of hydrogen-bond acceptors (Lipinski definition) is 2. The Hall–Kier alpha value is -1.19. The fourth-order valence-corrected chi connectivity index (χ4v) is 2.18. The summed E-state index contributed by atoms with van der Waals surface area (Å²) in [5.74, 6) is 0. The molecule has 2 rings (SSSR count). The van der Waals surface area contributed by atoms with Gasteiger partial charge in [-0.05, 0) is 24.9 Å². The molecule has 0 aromatic heterocycles. The maximum atomic E-state index is 13.1. The molecule has 2 nitrogen and oxygen atoms in total. The summed E-state index contributed by atoms with van der Waals surface area (Å²) in [6, 6.07) is 10.4. The second kappa shape index (κ2) is 7.29. The maximum absolute atomic E-state index is 13.1. The summed E-state index contributed by atoms with van der Waals surface area (Å²) in [6.07, 6.45) is 3.84. The molecule has 1 aromatic rings. The summed E-state index contributed by atoms with van der Waals surface area (Å²) < 4.78 is 13.1. The summed E-state index contributed by atoms with van der Waals surface area (Å²) in [4.78, 5) is 0. The van der Waals surface area contributed by atoms with E-state index < -0.39 is 6.30 Å². The molecule has 0 saturated carbocycles. The van der Waals surface area contributed by atoms with Crippen molar-refractivity contribution in [1.29, 1.82) is 0 Å². The summed E-state index contributed by atoms with van der Waals surface area (Å²) in [7, 11) is 0. The topological polar surface area (TPSA) is 24.1 Å². The molecule has 1 atom stereocenters. The van der Waals surface area contributed by atoms with E-state index in [-0.39, 0.29) is 0 Å². The fraction of sp³-hybridized carbons (Fsp3) is 0.467. The monoisotopic (exact) mass is 248 g/mol. The molecular weight excluding hydrogens is 227 g/mol. The molecule has 3 heteroatoms. The Morgan fingerprint density at radius 1 is 1.33 bits per heavy atom. The van der Waals surface area contributed by atoms with E-state index in [9.17, 15) is 4.39 Å². The first-order valence-corrected chi connectivity index (χ1v) is 6.64. The maximum Gasteiger partial charge on any atom is 0.154 e. The molecule has 0 bridgehead atoms. The van der Waals surface area contributed by atoms with Gasteiger partial charge in [-0.3, -0.25) is 5.32 Å². The molecule has 1 fully saturated rings. The van der Waals surface area contributed by atoms with Crippen LogP contribution in [0.3, 0.4) is 0 Å². The van der Waals surface area contributed by atoms with Crippen LogP contribution in [-0.2, 0) is 6.42 Å². The third-order valence-corrected chi connectivity index (χ3v) is 3.22. The second-order valence-corrected chi connectivity index (χ2v) is 4.68. The van der Waals surface area contributed by atoms with Crippen LogP contribution >= 0.6 is 0 Å². The van der Waals surface area contributed by atoms with E-state index in [1.54, 1.807) is 0 Å². The Morgan fingerprint density at radius 2 is 2.17 bits per heavy atom. The number of benzene rings is 1. The van der Waals surface area contributed by atoms with Crippen LogP contribution in [0.25, 0.3) is 0 Å². The first-order chi connectivity index (χ1) is 8.84. The number of piperidine rings is 1. The molecule has 98 valence electrons. The molecule has 1 heterocycles. The number of nitrogens with one attached hydrogen (secondary N) is 2. The fourth-order valence-electron chi connectivity index (χ4n) is 2.18. The van der Waals surface area contributed by atoms with E-state index in [0.717, 1.165) is 32.5 Å². The van der Waals surface area contributed by atoms with Crippen LogP contribution in [0.5, 0.6) is 0 Å². The average Bonchev–Trinajstić information content (AvgIpc) is 2.40. The molecular formula is C15H21FN2. The molecule has 0 radical (unpaired) electrons. The van der Waals surface area contributed by atoms with Crippen LogP contribution in [0.1, 0.15) is 18.4 Å². The number of hydrogen-bond donors (Lipinski definition) is 2. The highest BCUT2D eigenvalue weighted by molar-refractivity contribution is 5.15. The van der Waals surface area contributed by atoms with Crippen LogP contribution in [0.15, 0.2) is 42.0 Å². The predicted octanol–water partition coefficient (Wildman–Crippen LogP) is 2.42. The van der Waals surface area contributed by atoms with Gasteiger partial charge in [-0.15, -0.1) is 0 Å². The van der Waals surface area contributed by atoms with Crippen molar-refractivity contribution in [3.05, 3.63) is 47.5 Å².